The number of nitrogens with zero attached hydrogens (tertiary/aromatic N) is 2. The Morgan fingerprint density at radius 2 is 2.04 bits per heavy atom. The van der Waals surface area contributed by atoms with Crippen molar-refractivity contribution in [1.29, 1.82) is 0 Å². The Balaban J connectivity index is 1.80. The summed E-state index contributed by atoms with van der Waals surface area (Å²) in [4.78, 5) is 13.3. The lowest BCUT2D eigenvalue weighted by Crippen LogP contribution is -2.12. The quantitative estimate of drug-likeness (QED) is 0.613. The number of aromatic nitrogens is 2. The number of carbonyl (C=O) groups excluding carboxylic acids is 1. The zero-order valence-corrected chi connectivity index (χ0v) is 15.9. The molecule has 0 spiro atoms. The van der Waals surface area contributed by atoms with Gasteiger partial charge in [-0.1, -0.05) is 12.1 Å². The highest BCUT2D eigenvalue weighted by Gasteiger charge is 2.22. The lowest BCUT2D eigenvalue weighted by atomic mass is 10.1. The molecule has 1 aromatic carbocycles. The number of benzene rings is 1. The van der Waals surface area contributed by atoms with E-state index in [-0.39, 0.29) is 16.3 Å². The van der Waals surface area contributed by atoms with Gasteiger partial charge in [0.1, 0.15) is 0 Å². The Morgan fingerprint density at radius 1 is 1.27 bits per heavy atom. The minimum absolute atomic E-state index is 0.0560. The first-order chi connectivity index (χ1) is 12.3. The number of esters is 1. The Bertz CT molecular complexity index is 1040. The third-order valence-corrected chi connectivity index (χ3v) is 5.63. The molecule has 0 aliphatic rings. The largest absolute Gasteiger partial charge is 0.449 e. The summed E-state index contributed by atoms with van der Waals surface area (Å²) in [6.45, 7) is 3.31. The lowest BCUT2D eigenvalue weighted by molar-refractivity contribution is 0.0279. The van der Waals surface area contributed by atoms with Crippen molar-refractivity contribution >= 4 is 27.1 Å². The van der Waals surface area contributed by atoms with Gasteiger partial charge in [-0.05, 0) is 43.0 Å². The van der Waals surface area contributed by atoms with Crippen LogP contribution in [0.1, 0.15) is 34.8 Å². The van der Waals surface area contributed by atoms with Crippen molar-refractivity contribution in [3.63, 3.8) is 0 Å². The maximum Gasteiger partial charge on any atom is 0.339 e. The Hall–Kier alpha value is -2.52. The standard InChI is InChI=1S/C17H16N2O5S2/c1-10-6-7-12(26(3,21)22)9-13(10)17(20)23-11(2)15-18-19-16(24-15)14-5-4-8-25-14/h4-9,11H,1-3H3/t11-/m1/s1. The van der Waals surface area contributed by atoms with Crippen LogP contribution in [-0.2, 0) is 14.6 Å². The van der Waals surface area contributed by atoms with Gasteiger partial charge in [0.15, 0.2) is 15.9 Å². The van der Waals surface area contributed by atoms with E-state index in [4.69, 9.17) is 9.15 Å². The SMILES string of the molecule is Cc1ccc(S(C)(=O)=O)cc1C(=O)O[C@H](C)c1nnc(-c2cccs2)o1. The van der Waals surface area contributed by atoms with Gasteiger partial charge in [0.25, 0.3) is 11.8 Å². The topological polar surface area (TPSA) is 99.4 Å². The van der Waals surface area contributed by atoms with E-state index >= 15 is 0 Å². The van der Waals surface area contributed by atoms with Crippen molar-refractivity contribution in [3.8, 4) is 10.8 Å². The molecule has 0 amide bonds. The molecule has 7 nitrogen and oxygen atoms in total. The van der Waals surface area contributed by atoms with Crippen LogP contribution < -0.4 is 0 Å². The van der Waals surface area contributed by atoms with Crippen LogP contribution in [0, 0.1) is 6.92 Å². The van der Waals surface area contributed by atoms with Gasteiger partial charge in [-0.3, -0.25) is 0 Å². The Morgan fingerprint density at radius 3 is 2.69 bits per heavy atom. The first-order valence-corrected chi connectivity index (χ1v) is 10.4. The average molecular weight is 392 g/mol. The van der Waals surface area contributed by atoms with Crippen LogP contribution in [0.4, 0.5) is 0 Å². The predicted octanol–water partition coefficient (Wildman–Crippen LogP) is 3.43. The molecule has 0 aliphatic carbocycles. The number of aryl methyl sites for hydroxylation is 1. The fourth-order valence-corrected chi connectivity index (χ4v) is 3.52. The van der Waals surface area contributed by atoms with Crippen LogP contribution in [0.5, 0.6) is 0 Å². The molecule has 26 heavy (non-hydrogen) atoms. The second-order valence-electron chi connectivity index (χ2n) is 5.72. The summed E-state index contributed by atoms with van der Waals surface area (Å²) < 4.78 is 34.3. The van der Waals surface area contributed by atoms with Crippen LogP contribution in [-0.4, -0.2) is 30.8 Å². The molecule has 3 aromatic rings. The fraction of sp³-hybridized carbons (Fsp3) is 0.235. The van der Waals surface area contributed by atoms with E-state index in [1.165, 1.54) is 23.5 Å². The number of ether oxygens (including phenoxy) is 1. The molecule has 0 unspecified atom stereocenters. The summed E-state index contributed by atoms with van der Waals surface area (Å²) in [5.41, 5.74) is 0.789. The maximum atomic E-state index is 12.5. The van der Waals surface area contributed by atoms with E-state index in [9.17, 15) is 13.2 Å². The summed E-state index contributed by atoms with van der Waals surface area (Å²) >= 11 is 1.46. The van der Waals surface area contributed by atoms with Crippen molar-refractivity contribution in [3.05, 3.63) is 52.7 Å². The molecule has 0 bridgehead atoms. The summed E-state index contributed by atoms with van der Waals surface area (Å²) in [6, 6.07) is 8.05. The smallest absolute Gasteiger partial charge is 0.339 e. The Kier molecular flexibility index (Phi) is 4.92. The van der Waals surface area contributed by atoms with Crippen molar-refractivity contribution in [2.45, 2.75) is 24.8 Å². The monoisotopic (exact) mass is 392 g/mol. The van der Waals surface area contributed by atoms with Gasteiger partial charge >= 0.3 is 5.97 Å². The predicted molar refractivity (Wildman–Crippen MR) is 95.7 cm³/mol. The van der Waals surface area contributed by atoms with E-state index in [2.05, 4.69) is 10.2 Å². The summed E-state index contributed by atoms with van der Waals surface area (Å²) in [5, 5.41) is 9.75. The first-order valence-electron chi connectivity index (χ1n) is 7.64. The molecular weight excluding hydrogens is 376 g/mol. The van der Waals surface area contributed by atoms with Crippen molar-refractivity contribution in [2.24, 2.45) is 0 Å². The molecule has 9 heteroatoms. The minimum atomic E-state index is -3.43. The molecule has 136 valence electrons. The number of sulfone groups is 1. The van der Waals surface area contributed by atoms with Crippen molar-refractivity contribution in [2.75, 3.05) is 6.26 Å². The molecule has 0 saturated carbocycles. The number of hydrogen-bond acceptors (Lipinski definition) is 8. The molecule has 0 aliphatic heterocycles. The van der Waals surface area contributed by atoms with Crippen molar-refractivity contribution in [1.82, 2.24) is 10.2 Å². The third kappa shape index (κ3) is 3.83. The highest BCUT2D eigenvalue weighted by Crippen LogP contribution is 2.26. The molecule has 2 heterocycles. The van der Waals surface area contributed by atoms with E-state index in [0.29, 0.717) is 11.5 Å². The van der Waals surface area contributed by atoms with Gasteiger partial charge in [-0.15, -0.1) is 21.5 Å². The zero-order valence-electron chi connectivity index (χ0n) is 14.3. The molecule has 3 rings (SSSR count). The number of rotatable bonds is 5. The highest BCUT2D eigenvalue weighted by atomic mass is 32.2. The molecule has 0 fully saturated rings. The van der Waals surface area contributed by atoms with Gasteiger partial charge in [-0.2, -0.15) is 0 Å². The normalized spacial score (nSPS) is 12.7. The minimum Gasteiger partial charge on any atom is -0.449 e. The van der Waals surface area contributed by atoms with Crippen LogP contribution in [0.15, 0.2) is 45.0 Å². The lowest BCUT2D eigenvalue weighted by Gasteiger charge is -2.11. The van der Waals surface area contributed by atoms with Gasteiger partial charge in [0, 0.05) is 6.26 Å². The molecule has 0 radical (unpaired) electrons. The van der Waals surface area contributed by atoms with Crippen LogP contribution >= 0.6 is 11.3 Å². The van der Waals surface area contributed by atoms with Gasteiger partial charge in [0.2, 0.25) is 0 Å². The molecule has 0 saturated heterocycles. The molecule has 1 atom stereocenters. The average Bonchev–Trinajstić information content (AvgIpc) is 3.25. The van der Waals surface area contributed by atoms with Gasteiger partial charge in [-0.25, -0.2) is 13.2 Å². The summed E-state index contributed by atoms with van der Waals surface area (Å²) in [5.74, 6) is -0.136. The van der Waals surface area contributed by atoms with Gasteiger partial charge < -0.3 is 9.15 Å². The van der Waals surface area contributed by atoms with Crippen LogP contribution in [0.2, 0.25) is 0 Å². The Labute approximate surface area is 154 Å². The number of thiophene rings is 1. The molecular formula is C17H16N2O5S2. The maximum absolute atomic E-state index is 12.5. The van der Waals surface area contributed by atoms with Gasteiger partial charge in [0.05, 0.1) is 15.3 Å². The second-order valence-corrected chi connectivity index (χ2v) is 8.68. The summed E-state index contributed by atoms with van der Waals surface area (Å²) in [7, 11) is -3.43. The number of hydrogen-bond donors (Lipinski definition) is 0. The second kappa shape index (κ2) is 7.00. The summed E-state index contributed by atoms with van der Waals surface area (Å²) in [6.07, 6.45) is 0.310. The third-order valence-electron chi connectivity index (χ3n) is 3.66. The fourth-order valence-electron chi connectivity index (χ4n) is 2.22. The van der Waals surface area contributed by atoms with Crippen LogP contribution in [0.25, 0.3) is 10.8 Å². The van der Waals surface area contributed by atoms with E-state index in [0.717, 1.165) is 11.1 Å². The van der Waals surface area contributed by atoms with Crippen molar-refractivity contribution < 1.29 is 22.4 Å². The number of carbonyl (C=O) groups is 1. The molecule has 0 N–H and O–H groups in total. The highest BCUT2D eigenvalue weighted by molar-refractivity contribution is 7.90. The first kappa shape index (κ1) is 18.3. The van der Waals surface area contributed by atoms with Crippen LogP contribution in [0.3, 0.4) is 0 Å². The van der Waals surface area contributed by atoms with E-state index < -0.39 is 21.9 Å². The molecule has 2 aromatic heterocycles. The zero-order chi connectivity index (χ0) is 18.9. The van der Waals surface area contributed by atoms with E-state index in [1.807, 2.05) is 17.5 Å². The van der Waals surface area contributed by atoms with E-state index in [1.54, 1.807) is 19.9 Å².